The summed E-state index contributed by atoms with van der Waals surface area (Å²) in [7, 11) is 2.01. The Hall–Kier alpha value is -2.07. The minimum atomic E-state index is 0.870. The number of nitrogens with zero attached hydrogens (tertiary/aromatic N) is 1. The van der Waals surface area contributed by atoms with Crippen molar-refractivity contribution < 1.29 is 0 Å². The van der Waals surface area contributed by atoms with E-state index in [-0.39, 0.29) is 0 Å². The van der Waals surface area contributed by atoms with Gasteiger partial charge in [-0.05, 0) is 38.6 Å². The zero-order valence-corrected chi connectivity index (χ0v) is 12.3. The van der Waals surface area contributed by atoms with E-state index in [0.29, 0.717) is 0 Å². The van der Waals surface area contributed by atoms with E-state index in [1.54, 1.807) is 12.4 Å². The highest BCUT2D eigenvalue weighted by Crippen LogP contribution is 2.20. The van der Waals surface area contributed by atoms with E-state index in [1.807, 2.05) is 38.3 Å². The monoisotopic (exact) mass is 272 g/mol. The molecule has 0 spiro atoms. The van der Waals surface area contributed by atoms with Gasteiger partial charge in [-0.3, -0.25) is 5.10 Å². The maximum Gasteiger partial charge on any atom is 0.0879 e. The molecule has 0 amide bonds. The van der Waals surface area contributed by atoms with Crippen molar-refractivity contribution in [1.29, 1.82) is 0 Å². The van der Waals surface area contributed by atoms with Crippen molar-refractivity contribution >= 4 is 11.3 Å². The van der Waals surface area contributed by atoms with Gasteiger partial charge >= 0.3 is 0 Å². The molecule has 1 fully saturated rings. The zero-order chi connectivity index (χ0) is 14.8. The standard InChI is InChI=1S/C12H15N3.C4H9N/c1-4-6-7-8-10(3)12-11(13-5-2)9-14-15-12;1-5-4-2-3-4/h4-9,13H,2-3H2,1H3,(H,14,15);4-5H,2-3H2,1H3/b6-4-,8-7-;. The van der Waals surface area contributed by atoms with Crippen molar-refractivity contribution in [3.05, 3.63) is 55.6 Å². The number of rotatable bonds is 6. The number of anilines is 1. The van der Waals surface area contributed by atoms with Crippen LogP contribution in [0.25, 0.3) is 5.57 Å². The predicted octanol–water partition coefficient (Wildman–Crippen LogP) is 3.48. The molecule has 108 valence electrons. The van der Waals surface area contributed by atoms with Gasteiger partial charge in [-0.2, -0.15) is 5.10 Å². The number of aromatic amines is 1. The number of H-pyrrole nitrogens is 1. The van der Waals surface area contributed by atoms with Crippen LogP contribution >= 0.6 is 0 Å². The van der Waals surface area contributed by atoms with Crippen LogP contribution in [0.4, 0.5) is 5.69 Å². The molecule has 0 aliphatic heterocycles. The zero-order valence-electron chi connectivity index (χ0n) is 12.3. The maximum absolute atomic E-state index is 3.95. The van der Waals surface area contributed by atoms with E-state index in [2.05, 4.69) is 34.0 Å². The minimum Gasteiger partial charge on any atom is -0.359 e. The van der Waals surface area contributed by atoms with E-state index >= 15 is 0 Å². The van der Waals surface area contributed by atoms with Crippen LogP contribution in [0.1, 0.15) is 25.5 Å². The lowest BCUT2D eigenvalue weighted by Crippen LogP contribution is -2.06. The molecule has 2 rings (SSSR count). The summed E-state index contributed by atoms with van der Waals surface area (Å²) in [4.78, 5) is 0. The van der Waals surface area contributed by atoms with Gasteiger partial charge in [0.2, 0.25) is 0 Å². The first-order valence-electron chi connectivity index (χ1n) is 6.79. The van der Waals surface area contributed by atoms with Crippen LogP contribution in [0.2, 0.25) is 0 Å². The molecule has 1 aliphatic rings. The van der Waals surface area contributed by atoms with Gasteiger partial charge in [0, 0.05) is 6.04 Å². The van der Waals surface area contributed by atoms with E-state index in [9.17, 15) is 0 Å². The molecule has 1 aliphatic carbocycles. The molecule has 1 aromatic rings. The van der Waals surface area contributed by atoms with Crippen LogP contribution in [-0.4, -0.2) is 23.3 Å². The molecule has 1 heterocycles. The van der Waals surface area contributed by atoms with Gasteiger partial charge in [0.15, 0.2) is 0 Å². The molecule has 0 atom stereocenters. The maximum atomic E-state index is 3.95. The Bertz CT molecular complexity index is 478. The Kier molecular flexibility index (Phi) is 7.14. The predicted molar refractivity (Wildman–Crippen MR) is 87.5 cm³/mol. The highest BCUT2D eigenvalue weighted by atomic mass is 15.1. The van der Waals surface area contributed by atoms with Crippen molar-refractivity contribution in [2.24, 2.45) is 0 Å². The highest BCUT2D eigenvalue weighted by molar-refractivity contribution is 5.78. The molecular formula is C16H24N4. The summed E-state index contributed by atoms with van der Waals surface area (Å²) < 4.78 is 0. The van der Waals surface area contributed by atoms with Crippen LogP contribution in [0.5, 0.6) is 0 Å². The Morgan fingerprint density at radius 2 is 2.20 bits per heavy atom. The SMILES string of the molecule is C=CNc1cn[nH]c1C(=C)/C=C\C=C/C.CNC1CC1. The van der Waals surface area contributed by atoms with Gasteiger partial charge in [0.25, 0.3) is 0 Å². The van der Waals surface area contributed by atoms with Crippen molar-refractivity contribution in [1.82, 2.24) is 15.5 Å². The Balaban J connectivity index is 0.000000333. The lowest BCUT2D eigenvalue weighted by Gasteiger charge is -2.00. The van der Waals surface area contributed by atoms with Gasteiger partial charge in [0.1, 0.15) is 0 Å². The molecule has 1 saturated carbocycles. The summed E-state index contributed by atoms with van der Waals surface area (Å²) in [6.45, 7) is 9.51. The quantitative estimate of drug-likeness (QED) is 0.695. The lowest BCUT2D eigenvalue weighted by molar-refractivity contribution is 0.811. The fourth-order valence-electron chi connectivity index (χ4n) is 1.49. The molecule has 4 nitrogen and oxygen atoms in total. The van der Waals surface area contributed by atoms with Gasteiger partial charge < -0.3 is 10.6 Å². The molecule has 20 heavy (non-hydrogen) atoms. The van der Waals surface area contributed by atoms with Gasteiger partial charge in [-0.25, -0.2) is 0 Å². The lowest BCUT2D eigenvalue weighted by atomic mass is 10.2. The van der Waals surface area contributed by atoms with E-state index < -0.39 is 0 Å². The summed E-state index contributed by atoms with van der Waals surface area (Å²) in [5.41, 5.74) is 2.62. The third-order valence-electron chi connectivity index (χ3n) is 2.80. The molecule has 0 unspecified atom stereocenters. The normalized spacial score (nSPS) is 14.1. The average molecular weight is 272 g/mol. The van der Waals surface area contributed by atoms with Crippen LogP contribution in [-0.2, 0) is 0 Å². The number of nitrogens with one attached hydrogen (secondary N) is 3. The average Bonchev–Trinajstić information content (AvgIpc) is 3.19. The molecule has 3 N–H and O–H groups in total. The Morgan fingerprint density at radius 1 is 1.45 bits per heavy atom. The second-order valence-electron chi connectivity index (χ2n) is 4.48. The third kappa shape index (κ3) is 5.71. The van der Waals surface area contributed by atoms with Crippen LogP contribution in [0.3, 0.4) is 0 Å². The molecule has 0 bridgehead atoms. The summed E-state index contributed by atoms with van der Waals surface area (Å²) in [5, 5.41) is 12.9. The van der Waals surface area contributed by atoms with Crippen molar-refractivity contribution in [3.8, 4) is 0 Å². The fraction of sp³-hybridized carbons (Fsp3) is 0.312. The van der Waals surface area contributed by atoms with Crippen molar-refractivity contribution in [2.45, 2.75) is 25.8 Å². The molecule has 4 heteroatoms. The van der Waals surface area contributed by atoms with Gasteiger partial charge in [-0.1, -0.05) is 37.5 Å². The van der Waals surface area contributed by atoms with Crippen LogP contribution in [0.15, 0.2) is 49.9 Å². The van der Waals surface area contributed by atoms with E-state index in [4.69, 9.17) is 0 Å². The minimum absolute atomic E-state index is 0.870. The number of aromatic nitrogens is 2. The van der Waals surface area contributed by atoms with E-state index in [0.717, 1.165) is 23.0 Å². The smallest absolute Gasteiger partial charge is 0.0879 e. The molecule has 0 saturated heterocycles. The first kappa shape index (κ1) is 16.0. The number of hydrogen-bond acceptors (Lipinski definition) is 3. The first-order valence-corrected chi connectivity index (χ1v) is 6.79. The highest BCUT2D eigenvalue weighted by Gasteiger charge is 2.17. The fourth-order valence-corrected chi connectivity index (χ4v) is 1.49. The van der Waals surface area contributed by atoms with Crippen LogP contribution in [0, 0.1) is 0 Å². The van der Waals surface area contributed by atoms with Gasteiger partial charge in [-0.15, -0.1) is 0 Å². The third-order valence-corrected chi connectivity index (χ3v) is 2.80. The first-order chi connectivity index (χ1) is 9.72. The summed E-state index contributed by atoms with van der Waals surface area (Å²) in [5.74, 6) is 0. The van der Waals surface area contributed by atoms with Crippen molar-refractivity contribution in [3.63, 3.8) is 0 Å². The molecule has 1 aromatic heterocycles. The summed E-state index contributed by atoms with van der Waals surface area (Å²) in [6.07, 6.45) is 13.9. The summed E-state index contributed by atoms with van der Waals surface area (Å²) in [6, 6.07) is 0.884. The van der Waals surface area contributed by atoms with E-state index in [1.165, 1.54) is 12.8 Å². The molecule has 0 radical (unpaired) electrons. The van der Waals surface area contributed by atoms with Crippen LogP contribution < -0.4 is 10.6 Å². The summed E-state index contributed by atoms with van der Waals surface area (Å²) >= 11 is 0. The Labute approximate surface area is 121 Å². The number of allylic oxidation sites excluding steroid dienone is 5. The Morgan fingerprint density at radius 3 is 2.70 bits per heavy atom. The molecule has 0 aromatic carbocycles. The van der Waals surface area contributed by atoms with Gasteiger partial charge in [0.05, 0.1) is 17.6 Å². The molecular weight excluding hydrogens is 248 g/mol. The second kappa shape index (κ2) is 8.93. The topological polar surface area (TPSA) is 52.7 Å². The second-order valence-corrected chi connectivity index (χ2v) is 4.48. The number of hydrogen-bond donors (Lipinski definition) is 3. The van der Waals surface area contributed by atoms with Crippen molar-refractivity contribution in [2.75, 3.05) is 12.4 Å². The largest absolute Gasteiger partial charge is 0.359 e.